The molecular formula is C28H32FN3O4S. The van der Waals surface area contributed by atoms with E-state index >= 15 is 0 Å². The van der Waals surface area contributed by atoms with Gasteiger partial charge >= 0.3 is 0 Å². The van der Waals surface area contributed by atoms with Crippen molar-refractivity contribution in [2.24, 2.45) is 0 Å². The molecule has 3 rings (SSSR count). The summed E-state index contributed by atoms with van der Waals surface area (Å²) in [5.74, 6) is -1.59. The van der Waals surface area contributed by atoms with E-state index in [1.165, 1.54) is 30.1 Å². The van der Waals surface area contributed by atoms with Crippen LogP contribution in [-0.4, -0.2) is 51.0 Å². The molecule has 0 aromatic heterocycles. The lowest BCUT2D eigenvalue weighted by atomic mass is 10.0. The maximum atomic E-state index is 14.6. The molecule has 0 heterocycles. The molecule has 1 N–H and O–H groups in total. The van der Waals surface area contributed by atoms with Gasteiger partial charge in [0.1, 0.15) is 18.4 Å². The van der Waals surface area contributed by atoms with E-state index in [1.807, 2.05) is 43.3 Å². The molecule has 0 aliphatic carbocycles. The lowest BCUT2D eigenvalue weighted by molar-refractivity contribution is -0.139. The Hall–Kier alpha value is -3.72. The summed E-state index contributed by atoms with van der Waals surface area (Å²) in [5.41, 5.74) is 3.02. The summed E-state index contributed by atoms with van der Waals surface area (Å²) >= 11 is 0. The van der Waals surface area contributed by atoms with E-state index in [-0.39, 0.29) is 18.5 Å². The Balaban J connectivity index is 2.06. The monoisotopic (exact) mass is 525 g/mol. The summed E-state index contributed by atoms with van der Waals surface area (Å²) in [5, 5.41) is 2.59. The Bertz CT molecular complexity index is 1360. The van der Waals surface area contributed by atoms with E-state index in [0.29, 0.717) is 11.3 Å². The fraction of sp³-hybridized carbons (Fsp3) is 0.286. The number of anilines is 1. The van der Waals surface area contributed by atoms with Gasteiger partial charge in [-0.3, -0.25) is 13.9 Å². The quantitative estimate of drug-likeness (QED) is 0.438. The van der Waals surface area contributed by atoms with Gasteiger partial charge in [-0.25, -0.2) is 12.8 Å². The van der Waals surface area contributed by atoms with E-state index in [2.05, 4.69) is 5.32 Å². The van der Waals surface area contributed by atoms with Gasteiger partial charge in [0, 0.05) is 25.6 Å². The summed E-state index contributed by atoms with van der Waals surface area (Å²) in [6.45, 7) is 2.91. The molecule has 196 valence electrons. The third-order valence-electron chi connectivity index (χ3n) is 6.12. The highest BCUT2D eigenvalue weighted by molar-refractivity contribution is 7.92. The van der Waals surface area contributed by atoms with Crippen molar-refractivity contribution in [1.82, 2.24) is 10.2 Å². The van der Waals surface area contributed by atoms with Crippen LogP contribution in [0.2, 0.25) is 0 Å². The fourth-order valence-corrected chi connectivity index (χ4v) is 5.12. The molecule has 0 saturated carbocycles. The molecule has 3 aromatic carbocycles. The molecule has 0 aliphatic rings. The summed E-state index contributed by atoms with van der Waals surface area (Å²) < 4.78 is 41.3. The van der Waals surface area contributed by atoms with Crippen molar-refractivity contribution in [2.75, 3.05) is 24.2 Å². The number of rotatable bonds is 10. The minimum absolute atomic E-state index is 0.170. The second kappa shape index (κ2) is 12.0. The minimum Gasteiger partial charge on any atom is -0.357 e. The fourth-order valence-electron chi connectivity index (χ4n) is 4.21. The molecule has 0 aliphatic heterocycles. The van der Waals surface area contributed by atoms with Crippen LogP contribution in [0, 0.1) is 19.7 Å². The number of benzene rings is 3. The Kier molecular flexibility index (Phi) is 9.04. The Labute approximate surface area is 218 Å². The van der Waals surface area contributed by atoms with Crippen molar-refractivity contribution >= 4 is 27.5 Å². The van der Waals surface area contributed by atoms with Gasteiger partial charge in [0.2, 0.25) is 21.8 Å². The Morgan fingerprint density at radius 3 is 2.22 bits per heavy atom. The van der Waals surface area contributed by atoms with Crippen LogP contribution in [-0.2, 0) is 32.6 Å². The lowest BCUT2D eigenvalue weighted by Gasteiger charge is -2.33. The van der Waals surface area contributed by atoms with Crippen LogP contribution in [0.4, 0.5) is 10.1 Å². The number of halogens is 1. The van der Waals surface area contributed by atoms with Crippen LogP contribution in [0.15, 0.2) is 72.8 Å². The van der Waals surface area contributed by atoms with Gasteiger partial charge in [0.05, 0.1) is 11.9 Å². The molecule has 1 atom stereocenters. The number of amides is 2. The standard InChI is InChI=1S/C28H32FN3O4S/c1-20-14-15-25(21(2)16-20)32(37(4,35)36)19-27(33)31(18-23-12-8-9-13-24(23)29)26(28(34)30-3)17-22-10-6-5-7-11-22/h5-16,26H,17-19H2,1-4H3,(H,30,34). The zero-order chi connectivity index (χ0) is 27.2. The second-order valence-electron chi connectivity index (χ2n) is 8.99. The van der Waals surface area contributed by atoms with Crippen LogP contribution in [0.5, 0.6) is 0 Å². The predicted molar refractivity (Wildman–Crippen MR) is 143 cm³/mol. The van der Waals surface area contributed by atoms with Crippen LogP contribution in [0.3, 0.4) is 0 Å². The summed E-state index contributed by atoms with van der Waals surface area (Å²) in [4.78, 5) is 28.1. The normalized spacial score (nSPS) is 12.0. The maximum absolute atomic E-state index is 14.6. The minimum atomic E-state index is -3.86. The van der Waals surface area contributed by atoms with Crippen molar-refractivity contribution in [1.29, 1.82) is 0 Å². The van der Waals surface area contributed by atoms with E-state index in [9.17, 15) is 22.4 Å². The number of carbonyl (C=O) groups is 2. The molecule has 3 aromatic rings. The van der Waals surface area contributed by atoms with Crippen molar-refractivity contribution in [3.63, 3.8) is 0 Å². The first-order valence-electron chi connectivity index (χ1n) is 11.8. The summed E-state index contributed by atoms with van der Waals surface area (Å²) in [6.07, 6.45) is 1.20. The Morgan fingerprint density at radius 1 is 0.973 bits per heavy atom. The van der Waals surface area contributed by atoms with Crippen molar-refractivity contribution in [2.45, 2.75) is 32.9 Å². The van der Waals surface area contributed by atoms with E-state index in [0.717, 1.165) is 21.7 Å². The SMILES string of the molecule is CNC(=O)C(Cc1ccccc1)N(Cc1ccccc1F)C(=O)CN(c1ccc(C)cc1C)S(C)(=O)=O. The zero-order valence-electron chi connectivity index (χ0n) is 21.4. The molecule has 1 unspecified atom stereocenters. The number of nitrogens with one attached hydrogen (secondary N) is 1. The molecule has 0 saturated heterocycles. The number of nitrogens with zero attached hydrogens (tertiary/aromatic N) is 2. The molecule has 0 radical (unpaired) electrons. The maximum Gasteiger partial charge on any atom is 0.244 e. The molecule has 2 amide bonds. The molecule has 0 bridgehead atoms. The van der Waals surface area contributed by atoms with Crippen LogP contribution in [0.1, 0.15) is 22.3 Å². The average Bonchev–Trinajstić information content (AvgIpc) is 2.85. The van der Waals surface area contributed by atoms with Crippen LogP contribution >= 0.6 is 0 Å². The van der Waals surface area contributed by atoms with Gasteiger partial charge in [-0.1, -0.05) is 66.2 Å². The van der Waals surface area contributed by atoms with E-state index in [1.54, 1.807) is 25.1 Å². The van der Waals surface area contributed by atoms with E-state index in [4.69, 9.17) is 0 Å². The van der Waals surface area contributed by atoms with Gasteiger partial charge in [-0.05, 0) is 37.1 Å². The molecular weight excluding hydrogens is 493 g/mol. The number of hydrogen-bond acceptors (Lipinski definition) is 4. The summed E-state index contributed by atoms with van der Waals surface area (Å²) in [7, 11) is -2.40. The van der Waals surface area contributed by atoms with Crippen molar-refractivity contribution in [3.05, 3.63) is 101 Å². The predicted octanol–water partition coefficient (Wildman–Crippen LogP) is 3.59. The molecule has 7 nitrogen and oxygen atoms in total. The highest BCUT2D eigenvalue weighted by Gasteiger charge is 2.33. The molecule has 37 heavy (non-hydrogen) atoms. The third-order valence-corrected chi connectivity index (χ3v) is 7.24. The van der Waals surface area contributed by atoms with Gasteiger partial charge < -0.3 is 10.2 Å². The van der Waals surface area contributed by atoms with Gasteiger partial charge in [-0.2, -0.15) is 0 Å². The number of carbonyl (C=O) groups excluding carboxylic acids is 2. The molecule has 9 heteroatoms. The first-order valence-corrected chi connectivity index (χ1v) is 13.7. The van der Waals surface area contributed by atoms with Crippen LogP contribution < -0.4 is 9.62 Å². The largest absolute Gasteiger partial charge is 0.357 e. The highest BCUT2D eigenvalue weighted by atomic mass is 32.2. The zero-order valence-corrected chi connectivity index (χ0v) is 22.3. The van der Waals surface area contributed by atoms with Gasteiger partial charge in [-0.15, -0.1) is 0 Å². The van der Waals surface area contributed by atoms with Crippen LogP contribution in [0.25, 0.3) is 0 Å². The van der Waals surface area contributed by atoms with Crippen molar-refractivity contribution in [3.8, 4) is 0 Å². The highest BCUT2D eigenvalue weighted by Crippen LogP contribution is 2.25. The lowest BCUT2D eigenvalue weighted by Crippen LogP contribution is -2.53. The van der Waals surface area contributed by atoms with Gasteiger partial charge in [0.15, 0.2) is 0 Å². The summed E-state index contributed by atoms with van der Waals surface area (Å²) in [6, 6.07) is 19.4. The number of aryl methyl sites for hydroxylation is 2. The number of hydrogen-bond donors (Lipinski definition) is 1. The average molecular weight is 526 g/mol. The third kappa shape index (κ3) is 7.16. The molecule has 0 spiro atoms. The smallest absolute Gasteiger partial charge is 0.244 e. The topological polar surface area (TPSA) is 86.8 Å². The molecule has 0 fully saturated rings. The number of sulfonamides is 1. The Morgan fingerprint density at radius 2 is 1.62 bits per heavy atom. The second-order valence-corrected chi connectivity index (χ2v) is 10.9. The van der Waals surface area contributed by atoms with Gasteiger partial charge in [0.25, 0.3) is 0 Å². The first-order chi connectivity index (χ1) is 17.5. The van der Waals surface area contributed by atoms with Crippen molar-refractivity contribution < 1.29 is 22.4 Å². The van der Waals surface area contributed by atoms with E-state index < -0.39 is 40.2 Å². The number of likely N-dealkylation sites (N-methyl/N-ethyl adjacent to an activating group) is 1. The first kappa shape index (κ1) is 27.9.